The number of thiophene rings is 1. The number of rotatable bonds is 6. The number of carbonyl (C=O) groups excluding carboxylic acids is 1. The van der Waals surface area contributed by atoms with Gasteiger partial charge >= 0.3 is 0 Å². The van der Waals surface area contributed by atoms with E-state index in [1.54, 1.807) is 11.3 Å². The summed E-state index contributed by atoms with van der Waals surface area (Å²) < 4.78 is 5.44. The van der Waals surface area contributed by atoms with Gasteiger partial charge in [0.05, 0.1) is 25.2 Å². The van der Waals surface area contributed by atoms with Crippen molar-refractivity contribution in [1.29, 1.82) is 0 Å². The van der Waals surface area contributed by atoms with E-state index >= 15 is 0 Å². The molecule has 3 atom stereocenters. The molecule has 0 aliphatic carbocycles. The quantitative estimate of drug-likeness (QED) is 0.838. The van der Waals surface area contributed by atoms with E-state index in [0.29, 0.717) is 13.2 Å². The molecular weight excluding hydrogens is 260 g/mol. The third-order valence-electron chi connectivity index (χ3n) is 3.40. The molecule has 1 fully saturated rings. The van der Waals surface area contributed by atoms with Crippen molar-refractivity contribution in [2.75, 3.05) is 19.8 Å². The molecule has 0 radical (unpaired) electrons. The van der Waals surface area contributed by atoms with Crippen LogP contribution in [-0.4, -0.2) is 31.7 Å². The van der Waals surface area contributed by atoms with Gasteiger partial charge in [-0.05, 0) is 31.3 Å². The molecule has 2 unspecified atom stereocenters. The van der Waals surface area contributed by atoms with Crippen LogP contribution in [0, 0.1) is 5.92 Å². The van der Waals surface area contributed by atoms with Crippen molar-refractivity contribution >= 4 is 17.2 Å². The van der Waals surface area contributed by atoms with E-state index in [1.807, 2.05) is 24.4 Å². The van der Waals surface area contributed by atoms with Crippen molar-refractivity contribution in [1.82, 2.24) is 10.6 Å². The fraction of sp³-hybridized carbons (Fsp3) is 0.643. The molecule has 1 saturated heterocycles. The average molecular weight is 282 g/mol. The summed E-state index contributed by atoms with van der Waals surface area (Å²) in [5.41, 5.74) is 0. The lowest BCUT2D eigenvalue weighted by molar-refractivity contribution is -0.126. The molecular formula is C14H22N2O2S. The van der Waals surface area contributed by atoms with Crippen LogP contribution in [0.1, 0.15) is 31.2 Å². The molecule has 2 N–H and O–H groups in total. The summed E-state index contributed by atoms with van der Waals surface area (Å²) in [5, 5.41) is 8.50. The van der Waals surface area contributed by atoms with E-state index in [4.69, 9.17) is 4.74 Å². The lowest BCUT2D eigenvalue weighted by Gasteiger charge is -2.20. The van der Waals surface area contributed by atoms with Crippen LogP contribution in [-0.2, 0) is 9.53 Å². The molecule has 1 aromatic rings. The molecule has 1 aliphatic heterocycles. The molecule has 1 aliphatic rings. The van der Waals surface area contributed by atoms with E-state index in [9.17, 15) is 4.79 Å². The highest BCUT2D eigenvalue weighted by Crippen LogP contribution is 2.20. The average Bonchev–Trinajstić information content (AvgIpc) is 3.07. The molecule has 1 aromatic heterocycles. The van der Waals surface area contributed by atoms with E-state index in [0.717, 1.165) is 13.0 Å². The van der Waals surface area contributed by atoms with E-state index in [1.165, 1.54) is 4.88 Å². The minimum absolute atomic E-state index is 0.0694. The van der Waals surface area contributed by atoms with Crippen LogP contribution < -0.4 is 10.6 Å². The lowest BCUT2D eigenvalue weighted by atomic mass is 10.0. The Kier molecular flexibility index (Phi) is 5.36. The second-order valence-corrected chi connectivity index (χ2v) is 5.93. The van der Waals surface area contributed by atoms with Crippen molar-refractivity contribution in [3.63, 3.8) is 0 Å². The Hall–Kier alpha value is -0.910. The maximum atomic E-state index is 12.3. The third kappa shape index (κ3) is 3.78. The molecule has 0 aromatic carbocycles. The van der Waals surface area contributed by atoms with Gasteiger partial charge in [-0.1, -0.05) is 13.0 Å². The molecule has 5 heteroatoms. The summed E-state index contributed by atoms with van der Waals surface area (Å²) >= 11 is 1.67. The van der Waals surface area contributed by atoms with Gasteiger partial charge in [0.1, 0.15) is 0 Å². The van der Waals surface area contributed by atoms with Gasteiger partial charge in [-0.2, -0.15) is 0 Å². The first-order valence-electron chi connectivity index (χ1n) is 6.87. The van der Waals surface area contributed by atoms with E-state index in [2.05, 4.69) is 17.6 Å². The summed E-state index contributed by atoms with van der Waals surface area (Å²) in [6, 6.07) is 4.27. The predicted molar refractivity (Wildman–Crippen MR) is 77.3 cm³/mol. The van der Waals surface area contributed by atoms with Crippen LogP contribution in [0.2, 0.25) is 0 Å². The molecule has 0 saturated carbocycles. The zero-order valence-corrected chi connectivity index (χ0v) is 12.3. The highest BCUT2D eigenvalue weighted by atomic mass is 32.1. The lowest BCUT2D eigenvalue weighted by Crippen LogP contribution is -2.44. The van der Waals surface area contributed by atoms with Crippen molar-refractivity contribution < 1.29 is 9.53 Å². The highest BCUT2D eigenvalue weighted by Gasteiger charge is 2.34. The zero-order chi connectivity index (χ0) is 13.7. The monoisotopic (exact) mass is 282 g/mol. The Balaban J connectivity index is 1.88. The zero-order valence-electron chi connectivity index (χ0n) is 11.5. The first kappa shape index (κ1) is 14.5. The highest BCUT2D eigenvalue weighted by molar-refractivity contribution is 7.10. The SMILES string of the molecule is CCCNC1COCC1C(=O)N[C@@H](C)c1cccs1. The number of carbonyl (C=O) groups is 1. The van der Waals surface area contributed by atoms with Gasteiger partial charge in [0, 0.05) is 10.9 Å². The van der Waals surface area contributed by atoms with Gasteiger partial charge in [0.15, 0.2) is 0 Å². The number of amides is 1. The first-order valence-corrected chi connectivity index (χ1v) is 7.75. The first-order chi connectivity index (χ1) is 9.22. The Bertz CT molecular complexity index is 394. The Morgan fingerprint density at radius 3 is 3.11 bits per heavy atom. The van der Waals surface area contributed by atoms with Crippen LogP contribution in [0.4, 0.5) is 0 Å². The molecule has 1 amide bonds. The van der Waals surface area contributed by atoms with Crippen LogP contribution in [0.15, 0.2) is 17.5 Å². The number of ether oxygens (including phenoxy) is 1. The van der Waals surface area contributed by atoms with Crippen LogP contribution in [0.25, 0.3) is 0 Å². The molecule has 4 nitrogen and oxygen atoms in total. The number of hydrogen-bond acceptors (Lipinski definition) is 4. The van der Waals surface area contributed by atoms with Gasteiger partial charge in [-0.3, -0.25) is 4.79 Å². The summed E-state index contributed by atoms with van der Waals surface area (Å²) in [4.78, 5) is 13.5. The van der Waals surface area contributed by atoms with E-state index in [-0.39, 0.29) is 23.9 Å². The third-order valence-corrected chi connectivity index (χ3v) is 4.46. The fourth-order valence-electron chi connectivity index (χ4n) is 2.27. The smallest absolute Gasteiger partial charge is 0.227 e. The van der Waals surface area contributed by atoms with Gasteiger partial charge in [0.25, 0.3) is 0 Å². The standard InChI is InChI=1S/C14H22N2O2S/c1-3-6-15-12-9-18-8-11(12)14(17)16-10(2)13-5-4-7-19-13/h4-5,7,10-12,15H,3,6,8-9H2,1-2H3,(H,16,17)/t10-,11?,12?/m0/s1. The molecule has 2 heterocycles. The van der Waals surface area contributed by atoms with Crippen molar-refractivity contribution in [3.05, 3.63) is 22.4 Å². The van der Waals surface area contributed by atoms with Crippen molar-refractivity contribution in [2.45, 2.75) is 32.4 Å². The maximum absolute atomic E-state index is 12.3. The second-order valence-electron chi connectivity index (χ2n) is 4.95. The van der Waals surface area contributed by atoms with Gasteiger partial charge in [-0.15, -0.1) is 11.3 Å². The summed E-state index contributed by atoms with van der Waals surface area (Å²) in [6.45, 7) is 6.22. The van der Waals surface area contributed by atoms with Crippen LogP contribution in [0.5, 0.6) is 0 Å². The Labute approximate surface area is 118 Å². The Morgan fingerprint density at radius 1 is 1.58 bits per heavy atom. The molecule has 0 spiro atoms. The maximum Gasteiger partial charge on any atom is 0.227 e. The van der Waals surface area contributed by atoms with Gasteiger partial charge in [0.2, 0.25) is 5.91 Å². The summed E-state index contributed by atoms with van der Waals surface area (Å²) in [6.07, 6.45) is 1.07. The molecule has 106 valence electrons. The fourth-order valence-corrected chi connectivity index (χ4v) is 3.01. The van der Waals surface area contributed by atoms with E-state index < -0.39 is 0 Å². The van der Waals surface area contributed by atoms with Crippen LogP contribution in [0.3, 0.4) is 0 Å². The largest absolute Gasteiger partial charge is 0.379 e. The van der Waals surface area contributed by atoms with Crippen LogP contribution >= 0.6 is 11.3 Å². The minimum Gasteiger partial charge on any atom is -0.379 e. The second kappa shape index (κ2) is 7.03. The molecule has 2 rings (SSSR count). The Morgan fingerprint density at radius 2 is 2.42 bits per heavy atom. The number of hydrogen-bond donors (Lipinski definition) is 2. The van der Waals surface area contributed by atoms with Gasteiger partial charge in [-0.25, -0.2) is 0 Å². The molecule has 0 bridgehead atoms. The normalized spacial score (nSPS) is 24.3. The minimum atomic E-state index is -0.0750. The summed E-state index contributed by atoms with van der Waals surface area (Å²) in [7, 11) is 0. The molecule has 19 heavy (non-hydrogen) atoms. The predicted octanol–water partition coefficient (Wildman–Crippen LogP) is 1.94. The topological polar surface area (TPSA) is 50.4 Å². The summed E-state index contributed by atoms with van der Waals surface area (Å²) in [5.74, 6) is 0.0148. The number of nitrogens with one attached hydrogen (secondary N) is 2. The van der Waals surface area contributed by atoms with Crippen molar-refractivity contribution in [2.24, 2.45) is 5.92 Å². The van der Waals surface area contributed by atoms with Crippen molar-refractivity contribution in [3.8, 4) is 0 Å². The van der Waals surface area contributed by atoms with Gasteiger partial charge < -0.3 is 15.4 Å².